The van der Waals surface area contributed by atoms with Gasteiger partial charge in [-0.15, -0.1) is 0 Å². The predicted molar refractivity (Wildman–Crippen MR) is 146 cm³/mol. The fraction of sp³-hybridized carbons (Fsp3) is 0.567. The van der Waals surface area contributed by atoms with Gasteiger partial charge in [0.05, 0.1) is 5.41 Å². The number of nitrogens with zero attached hydrogens (tertiary/aromatic N) is 1. The Kier molecular flexibility index (Phi) is 7.75. The molecule has 4 rings (SSSR count). The minimum atomic E-state index is -1.07. The zero-order valence-corrected chi connectivity index (χ0v) is 23.3. The van der Waals surface area contributed by atoms with Gasteiger partial charge in [0.25, 0.3) is 5.91 Å². The summed E-state index contributed by atoms with van der Waals surface area (Å²) in [5.74, 6) is -0.420. The molecule has 206 valence electrons. The number of carboxylic acids is 1. The van der Waals surface area contributed by atoms with Crippen LogP contribution in [-0.2, 0) is 9.59 Å². The van der Waals surface area contributed by atoms with Crippen LogP contribution in [0.15, 0.2) is 40.8 Å². The van der Waals surface area contributed by atoms with E-state index in [4.69, 9.17) is 4.42 Å². The lowest BCUT2D eigenvalue weighted by atomic mass is 9.68. The van der Waals surface area contributed by atoms with Crippen LogP contribution >= 0.6 is 0 Å². The maximum Gasteiger partial charge on any atom is 0.311 e. The van der Waals surface area contributed by atoms with Crippen LogP contribution in [0.3, 0.4) is 0 Å². The molecule has 0 unspecified atom stereocenters. The smallest absolute Gasteiger partial charge is 0.311 e. The van der Waals surface area contributed by atoms with E-state index in [1.165, 1.54) is 5.56 Å². The zero-order chi connectivity index (χ0) is 27.8. The Morgan fingerprint density at radius 3 is 2.37 bits per heavy atom. The van der Waals surface area contributed by atoms with Gasteiger partial charge >= 0.3 is 5.97 Å². The van der Waals surface area contributed by atoms with Gasteiger partial charge in [-0.3, -0.25) is 14.4 Å². The first-order chi connectivity index (χ1) is 17.8. The summed E-state index contributed by atoms with van der Waals surface area (Å²) in [5.41, 5.74) is 0.900. The Hall–Kier alpha value is -3.13. The van der Waals surface area contributed by atoms with Crippen LogP contribution < -0.4 is 10.6 Å². The Morgan fingerprint density at radius 2 is 1.76 bits per heavy atom. The van der Waals surface area contributed by atoms with E-state index in [1.54, 1.807) is 24.0 Å². The van der Waals surface area contributed by atoms with Crippen LogP contribution in [0.1, 0.15) is 89.3 Å². The lowest BCUT2D eigenvalue weighted by Gasteiger charge is -2.47. The topological polar surface area (TPSA) is 112 Å². The molecule has 2 aliphatic rings. The number of hydrogen-bond acceptors (Lipinski definition) is 5. The molecular weight excluding hydrogens is 482 g/mol. The summed E-state index contributed by atoms with van der Waals surface area (Å²) < 4.78 is 5.82. The molecule has 1 aromatic heterocycles. The maximum atomic E-state index is 13.4. The third-order valence-corrected chi connectivity index (χ3v) is 7.93. The summed E-state index contributed by atoms with van der Waals surface area (Å²) >= 11 is 0. The third kappa shape index (κ3) is 5.80. The molecule has 2 fully saturated rings. The fourth-order valence-electron chi connectivity index (χ4n) is 5.91. The van der Waals surface area contributed by atoms with Gasteiger partial charge in [-0.1, -0.05) is 38.1 Å². The van der Waals surface area contributed by atoms with Crippen molar-refractivity contribution < 1.29 is 23.9 Å². The number of benzene rings is 1. The van der Waals surface area contributed by atoms with E-state index >= 15 is 0 Å². The Balaban J connectivity index is 1.41. The van der Waals surface area contributed by atoms with Crippen LogP contribution in [0.5, 0.6) is 0 Å². The van der Waals surface area contributed by atoms with Crippen LogP contribution in [0.4, 0.5) is 0 Å². The van der Waals surface area contributed by atoms with Crippen molar-refractivity contribution in [1.82, 2.24) is 15.5 Å². The second kappa shape index (κ2) is 10.6. The number of rotatable bonds is 7. The SMILES string of the molecule is CC(C)c1ccc(-c2ccc(C(=O)N[C@H]3CCN([C@H]4CC[C@@H](NC(C)(C)C)C[C@@]4(C)C(=O)O)C3=O)o2)cc1. The van der Waals surface area contributed by atoms with Crippen LogP contribution in [0.2, 0.25) is 0 Å². The van der Waals surface area contributed by atoms with E-state index < -0.39 is 29.4 Å². The molecular formula is C30H41N3O5. The number of carbonyl (C=O) groups is 3. The molecule has 1 aliphatic carbocycles. The van der Waals surface area contributed by atoms with Crippen molar-refractivity contribution in [2.45, 2.75) is 96.8 Å². The highest BCUT2D eigenvalue weighted by Crippen LogP contribution is 2.41. The number of amides is 2. The van der Waals surface area contributed by atoms with Crippen LogP contribution in [0, 0.1) is 5.41 Å². The van der Waals surface area contributed by atoms with E-state index in [2.05, 4.69) is 45.3 Å². The van der Waals surface area contributed by atoms with Gasteiger partial charge in [-0.05, 0) is 77.0 Å². The molecule has 3 N–H and O–H groups in total. The number of hydrogen-bond donors (Lipinski definition) is 3. The van der Waals surface area contributed by atoms with Gasteiger partial charge in [0.15, 0.2) is 5.76 Å². The minimum absolute atomic E-state index is 0.0651. The molecule has 0 spiro atoms. The number of aliphatic carboxylic acids is 1. The first-order valence-corrected chi connectivity index (χ1v) is 13.6. The molecule has 4 atom stereocenters. The van der Waals surface area contributed by atoms with Crippen LogP contribution in [-0.4, -0.2) is 58.0 Å². The number of carboxylic acid groups (broad SMARTS) is 1. The summed E-state index contributed by atoms with van der Waals surface area (Å²) in [7, 11) is 0. The summed E-state index contributed by atoms with van der Waals surface area (Å²) in [6.07, 6.45) is 2.27. The highest BCUT2D eigenvalue weighted by molar-refractivity contribution is 5.96. The van der Waals surface area contributed by atoms with Crippen LogP contribution in [0.25, 0.3) is 11.3 Å². The van der Waals surface area contributed by atoms with Gasteiger partial charge in [-0.25, -0.2) is 0 Å². The Labute approximate surface area is 225 Å². The normalized spacial score (nSPS) is 26.1. The maximum absolute atomic E-state index is 13.4. The van der Waals surface area contributed by atoms with Gasteiger partial charge in [0.2, 0.25) is 5.91 Å². The molecule has 0 bridgehead atoms. The summed E-state index contributed by atoms with van der Waals surface area (Å²) in [6.45, 7) is 12.6. The number of likely N-dealkylation sites (tertiary alicyclic amines) is 1. The molecule has 38 heavy (non-hydrogen) atoms. The number of nitrogens with one attached hydrogen (secondary N) is 2. The molecule has 1 aromatic carbocycles. The van der Waals surface area contributed by atoms with Crippen molar-refractivity contribution in [3.05, 3.63) is 47.7 Å². The zero-order valence-electron chi connectivity index (χ0n) is 23.3. The van der Waals surface area contributed by atoms with E-state index in [9.17, 15) is 19.5 Å². The average Bonchev–Trinajstić information content (AvgIpc) is 3.46. The molecule has 2 heterocycles. The summed E-state index contributed by atoms with van der Waals surface area (Å²) in [6, 6.07) is 10.3. The van der Waals surface area contributed by atoms with Crippen molar-refractivity contribution in [3.8, 4) is 11.3 Å². The van der Waals surface area contributed by atoms with E-state index in [-0.39, 0.29) is 23.2 Å². The largest absolute Gasteiger partial charge is 0.481 e. The molecule has 1 saturated carbocycles. The number of carbonyl (C=O) groups excluding carboxylic acids is 2. The van der Waals surface area contributed by atoms with Gasteiger partial charge in [-0.2, -0.15) is 0 Å². The second-order valence-corrected chi connectivity index (χ2v) is 12.4. The molecule has 0 radical (unpaired) electrons. The average molecular weight is 524 g/mol. The molecule has 1 saturated heterocycles. The summed E-state index contributed by atoms with van der Waals surface area (Å²) in [5, 5.41) is 16.5. The standard InChI is InChI=1S/C30H41N3O5/c1-18(2)19-7-9-20(10-8-19)23-12-13-24(38-23)26(34)31-22-15-16-33(27(22)35)25-14-11-21(32-29(3,4)5)17-30(25,6)28(36)37/h7-10,12-13,18,21-22,25,32H,11,14-17H2,1-6H3,(H,31,34)(H,36,37)/t21-,22+,25+,30-/m1/s1. The molecule has 2 aromatic rings. The number of furan rings is 1. The summed E-state index contributed by atoms with van der Waals surface area (Å²) in [4.78, 5) is 40.4. The van der Waals surface area contributed by atoms with Gasteiger partial charge < -0.3 is 25.1 Å². The van der Waals surface area contributed by atoms with Crippen molar-refractivity contribution in [1.29, 1.82) is 0 Å². The third-order valence-electron chi connectivity index (χ3n) is 7.93. The molecule has 8 nitrogen and oxygen atoms in total. The lowest BCUT2D eigenvalue weighted by molar-refractivity contribution is -0.158. The molecule has 2 amide bonds. The Morgan fingerprint density at radius 1 is 1.08 bits per heavy atom. The molecule has 8 heteroatoms. The first-order valence-electron chi connectivity index (χ1n) is 13.6. The highest BCUT2D eigenvalue weighted by atomic mass is 16.4. The van der Waals surface area contributed by atoms with Crippen molar-refractivity contribution in [2.24, 2.45) is 5.41 Å². The highest BCUT2D eigenvalue weighted by Gasteiger charge is 2.52. The van der Waals surface area contributed by atoms with Gasteiger partial charge in [0, 0.05) is 29.7 Å². The van der Waals surface area contributed by atoms with E-state index in [1.807, 2.05) is 24.3 Å². The second-order valence-electron chi connectivity index (χ2n) is 12.4. The first kappa shape index (κ1) is 27.9. The quantitative estimate of drug-likeness (QED) is 0.481. The predicted octanol–water partition coefficient (Wildman–Crippen LogP) is 4.80. The monoisotopic (exact) mass is 523 g/mol. The Bertz CT molecular complexity index is 1180. The minimum Gasteiger partial charge on any atom is -0.481 e. The van der Waals surface area contributed by atoms with Crippen molar-refractivity contribution in [3.63, 3.8) is 0 Å². The fourth-order valence-corrected chi connectivity index (χ4v) is 5.91. The lowest BCUT2D eigenvalue weighted by Crippen LogP contribution is -2.59. The van der Waals surface area contributed by atoms with E-state index in [0.29, 0.717) is 37.5 Å². The van der Waals surface area contributed by atoms with Crippen molar-refractivity contribution in [2.75, 3.05) is 6.54 Å². The molecule has 1 aliphatic heterocycles. The van der Waals surface area contributed by atoms with Gasteiger partial charge in [0.1, 0.15) is 11.8 Å². The van der Waals surface area contributed by atoms with E-state index in [0.717, 1.165) is 12.0 Å². The van der Waals surface area contributed by atoms with Crippen molar-refractivity contribution >= 4 is 17.8 Å².